The van der Waals surface area contributed by atoms with Crippen LogP contribution in [0.5, 0.6) is 0 Å². The second-order valence-corrected chi connectivity index (χ2v) is 5.07. The number of ether oxygens (including phenoxy) is 2. The first kappa shape index (κ1) is 13.5. The van der Waals surface area contributed by atoms with Gasteiger partial charge in [0.25, 0.3) is 0 Å². The summed E-state index contributed by atoms with van der Waals surface area (Å²) in [6.45, 7) is 4.24. The Kier molecular flexibility index (Phi) is 5.81. The molecule has 0 radical (unpaired) electrons. The normalized spacial score (nSPS) is 25.8. The molecule has 0 spiro atoms. The zero-order valence-electron chi connectivity index (χ0n) is 10.7. The molecule has 0 heterocycles. The monoisotopic (exact) mass is 228 g/mol. The predicted octanol–water partition coefficient (Wildman–Crippen LogP) is 2.92. The highest BCUT2D eigenvalue weighted by molar-refractivity contribution is 5.69. The molecule has 3 nitrogen and oxygen atoms in total. The van der Waals surface area contributed by atoms with Crippen LogP contribution in [0.3, 0.4) is 0 Å². The van der Waals surface area contributed by atoms with Gasteiger partial charge in [0, 0.05) is 20.0 Å². The van der Waals surface area contributed by atoms with Gasteiger partial charge in [-0.3, -0.25) is 4.79 Å². The molecule has 2 unspecified atom stereocenters. The van der Waals surface area contributed by atoms with Crippen molar-refractivity contribution >= 4 is 5.97 Å². The molecule has 1 fully saturated rings. The highest BCUT2D eigenvalue weighted by atomic mass is 16.5. The first-order chi connectivity index (χ1) is 7.61. The third-order valence-electron chi connectivity index (χ3n) is 3.14. The Labute approximate surface area is 98.5 Å². The maximum Gasteiger partial charge on any atom is 0.306 e. The van der Waals surface area contributed by atoms with Crippen molar-refractivity contribution < 1.29 is 14.3 Å². The SMILES string of the molecule is COC1CCCC(OC(=O)CCC(C)C)C1. The first-order valence-corrected chi connectivity index (χ1v) is 6.34. The van der Waals surface area contributed by atoms with Gasteiger partial charge in [0.05, 0.1) is 6.10 Å². The van der Waals surface area contributed by atoms with Crippen LogP contribution in [-0.2, 0) is 14.3 Å². The molecule has 0 saturated heterocycles. The molecule has 1 aliphatic rings. The van der Waals surface area contributed by atoms with E-state index in [4.69, 9.17) is 9.47 Å². The number of esters is 1. The standard InChI is InChI=1S/C13H24O3/c1-10(2)7-8-13(14)16-12-6-4-5-11(9-12)15-3/h10-12H,4-9H2,1-3H3. The van der Waals surface area contributed by atoms with Crippen LogP contribution in [0.25, 0.3) is 0 Å². The van der Waals surface area contributed by atoms with Crippen LogP contribution in [0.2, 0.25) is 0 Å². The maximum absolute atomic E-state index is 11.5. The van der Waals surface area contributed by atoms with Crippen LogP contribution < -0.4 is 0 Å². The topological polar surface area (TPSA) is 35.5 Å². The molecular weight excluding hydrogens is 204 g/mol. The van der Waals surface area contributed by atoms with Crippen molar-refractivity contribution in [2.75, 3.05) is 7.11 Å². The molecule has 1 rings (SSSR count). The van der Waals surface area contributed by atoms with E-state index in [9.17, 15) is 4.79 Å². The van der Waals surface area contributed by atoms with Gasteiger partial charge in [0.15, 0.2) is 0 Å². The number of rotatable bonds is 5. The second-order valence-electron chi connectivity index (χ2n) is 5.07. The molecule has 0 aromatic heterocycles. The molecule has 0 aromatic rings. The summed E-state index contributed by atoms with van der Waals surface area (Å²) in [4.78, 5) is 11.5. The lowest BCUT2D eigenvalue weighted by Crippen LogP contribution is -2.29. The Morgan fingerprint density at radius 3 is 2.62 bits per heavy atom. The van der Waals surface area contributed by atoms with Crippen molar-refractivity contribution in [2.45, 2.75) is 64.6 Å². The number of carbonyl (C=O) groups excluding carboxylic acids is 1. The number of hydrogen-bond donors (Lipinski definition) is 0. The van der Waals surface area contributed by atoms with Crippen LogP contribution >= 0.6 is 0 Å². The van der Waals surface area contributed by atoms with E-state index in [1.54, 1.807) is 7.11 Å². The van der Waals surface area contributed by atoms with E-state index in [2.05, 4.69) is 13.8 Å². The van der Waals surface area contributed by atoms with Gasteiger partial charge >= 0.3 is 5.97 Å². The van der Waals surface area contributed by atoms with E-state index < -0.39 is 0 Å². The fourth-order valence-electron chi connectivity index (χ4n) is 2.07. The lowest BCUT2D eigenvalue weighted by Gasteiger charge is -2.28. The number of carbonyl (C=O) groups is 1. The summed E-state index contributed by atoms with van der Waals surface area (Å²) in [5, 5.41) is 0. The Balaban J connectivity index is 2.22. The molecular formula is C13H24O3. The average Bonchev–Trinajstić information content (AvgIpc) is 2.26. The van der Waals surface area contributed by atoms with E-state index in [0.29, 0.717) is 12.3 Å². The molecule has 16 heavy (non-hydrogen) atoms. The Morgan fingerprint density at radius 2 is 2.00 bits per heavy atom. The van der Waals surface area contributed by atoms with E-state index in [-0.39, 0.29) is 18.2 Å². The summed E-state index contributed by atoms with van der Waals surface area (Å²) in [6.07, 6.45) is 5.87. The smallest absolute Gasteiger partial charge is 0.306 e. The molecule has 0 N–H and O–H groups in total. The summed E-state index contributed by atoms with van der Waals surface area (Å²) in [5.74, 6) is 0.515. The molecule has 2 atom stereocenters. The minimum Gasteiger partial charge on any atom is -0.462 e. The summed E-state index contributed by atoms with van der Waals surface area (Å²) >= 11 is 0. The molecule has 0 amide bonds. The molecule has 1 aliphatic carbocycles. The van der Waals surface area contributed by atoms with Crippen LogP contribution in [0.4, 0.5) is 0 Å². The summed E-state index contributed by atoms with van der Waals surface area (Å²) in [6, 6.07) is 0. The summed E-state index contributed by atoms with van der Waals surface area (Å²) in [5.41, 5.74) is 0. The van der Waals surface area contributed by atoms with Crippen LogP contribution in [0.1, 0.15) is 52.4 Å². The molecule has 3 heteroatoms. The minimum atomic E-state index is -0.0459. The lowest BCUT2D eigenvalue weighted by molar-refractivity contribution is -0.152. The van der Waals surface area contributed by atoms with E-state index in [0.717, 1.165) is 32.1 Å². The zero-order valence-corrected chi connectivity index (χ0v) is 10.7. The van der Waals surface area contributed by atoms with Gasteiger partial charge in [-0.1, -0.05) is 13.8 Å². The Bertz CT molecular complexity index is 213. The fourth-order valence-corrected chi connectivity index (χ4v) is 2.07. The molecule has 0 aromatic carbocycles. The first-order valence-electron chi connectivity index (χ1n) is 6.34. The molecule has 94 valence electrons. The van der Waals surface area contributed by atoms with Gasteiger partial charge in [-0.2, -0.15) is 0 Å². The minimum absolute atomic E-state index is 0.0459. The van der Waals surface area contributed by atoms with Crippen molar-refractivity contribution in [3.63, 3.8) is 0 Å². The van der Waals surface area contributed by atoms with Gasteiger partial charge in [-0.25, -0.2) is 0 Å². The van der Waals surface area contributed by atoms with Crippen LogP contribution in [0.15, 0.2) is 0 Å². The van der Waals surface area contributed by atoms with Gasteiger partial charge in [0.2, 0.25) is 0 Å². The number of hydrogen-bond acceptors (Lipinski definition) is 3. The van der Waals surface area contributed by atoms with Crippen LogP contribution in [0, 0.1) is 5.92 Å². The summed E-state index contributed by atoms with van der Waals surface area (Å²) in [7, 11) is 1.73. The molecule has 0 bridgehead atoms. The zero-order chi connectivity index (χ0) is 12.0. The Hall–Kier alpha value is -0.570. The molecule has 0 aliphatic heterocycles. The third-order valence-corrected chi connectivity index (χ3v) is 3.14. The van der Waals surface area contributed by atoms with Crippen molar-refractivity contribution in [3.8, 4) is 0 Å². The highest BCUT2D eigenvalue weighted by Gasteiger charge is 2.24. The van der Waals surface area contributed by atoms with Crippen molar-refractivity contribution in [2.24, 2.45) is 5.92 Å². The third kappa shape index (κ3) is 4.97. The highest BCUT2D eigenvalue weighted by Crippen LogP contribution is 2.23. The largest absolute Gasteiger partial charge is 0.462 e. The van der Waals surface area contributed by atoms with Crippen molar-refractivity contribution in [1.29, 1.82) is 0 Å². The van der Waals surface area contributed by atoms with Gasteiger partial charge in [0.1, 0.15) is 6.10 Å². The van der Waals surface area contributed by atoms with Gasteiger partial charge < -0.3 is 9.47 Å². The van der Waals surface area contributed by atoms with Crippen molar-refractivity contribution in [1.82, 2.24) is 0 Å². The maximum atomic E-state index is 11.5. The number of methoxy groups -OCH3 is 1. The van der Waals surface area contributed by atoms with Gasteiger partial charge in [-0.15, -0.1) is 0 Å². The van der Waals surface area contributed by atoms with E-state index in [1.807, 2.05) is 0 Å². The van der Waals surface area contributed by atoms with Gasteiger partial charge in [-0.05, 0) is 31.6 Å². The van der Waals surface area contributed by atoms with Crippen LogP contribution in [-0.4, -0.2) is 25.3 Å². The predicted molar refractivity (Wildman–Crippen MR) is 63.2 cm³/mol. The van der Waals surface area contributed by atoms with E-state index in [1.165, 1.54) is 0 Å². The summed E-state index contributed by atoms with van der Waals surface area (Å²) < 4.78 is 10.8. The van der Waals surface area contributed by atoms with E-state index >= 15 is 0 Å². The quantitative estimate of drug-likeness (QED) is 0.679. The second kappa shape index (κ2) is 6.89. The van der Waals surface area contributed by atoms with Crippen molar-refractivity contribution in [3.05, 3.63) is 0 Å². The lowest BCUT2D eigenvalue weighted by atomic mass is 9.95. The fraction of sp³-hybridized carbons (Fsp3) is 0.923. The average molecular weight is 228 g/mol. The Morgan fingerprint density at radius 1 is 1.31 bits per heavy atom. The molecule has 1 saturated carbocycles.